The minimum atomic E-state index is -1.72. The Labute approximate surface area is 132 Å². The normalized spacial score (nSPS) is 10.4. The maximum atomic E-state index is 13.4. The number of amides is 1. The molecule has 6 nitrogen and oxygen atoms in total. The highest BCUT2D eigenvalue weighted by atomic mass is 32.1. The zero-order valence-electron chi connectivity index (χ0n) is 11.7. The highest BCUT2D eigenvalue weighted by molar-refractivity contribution is 7.10. The van der Waals surface area contributed by atoms with Crippen LogP contribution in [0.3, 0.4) is 0 Å². The van der Waals surface area contributed by atoms with E-state index < -0.39 is 41.6 Å². The zero-order valence-corrected chi connectivity index (χ0v) is 12.5. The number of carbonyl (C=O) groups excluding carboxylic acids is 2. The molecule has 0 saturated heterocycles. The van der Waals surface area contributed by atoms with E-state index in [0.29, 0.717) is 11.8 Å². The predicted octanol–water partition coefficient (Wildman–Crippen LogP) is 2.25. The Morgan fingerprint density at radius 2 is 2.00 bits per heavy atom. The first-order valence-electron chi connectivity index (χ1n) is 6.13. The number of hydrogen-bond donors (Lipinski definition) is 2. The minimum absolute atomic E-state index is 0.0433. The molecule has 0 aliphatic carbocycles. The van der Waals surface area contributed by atoms with Gasteiger partial charge in [-0.1, -0.05) is 0 Å². The van der Waals surface area contributed by atoms with Gasteiger partial charge >= 0.3 is 5.97 Å². The van der Waals surface area contributed by atoms with E-state index in [2.05, 4.69) is 4.37 Å². The lowest BCUT2D eigenvalue weighted by atomic mass is 10.2. The van der Waals surface area contributed by atoms with E-state index in [1.165, 1.54) is 0 Å². The number of nitrogens with two attached hydrogens (primary N) is 1. The maximum Gasteiger partial charge on any atom is 0.343 e. The van der Waals surface area contributed by atoms with Gasteiger partial charge in [0.05, 0.1) is 11.4 Å². The van der Waals surface area contributed by atoms with Crippen LogP contribution in [-0.2, 0) is 9.53 Å². The predicted molar refractivity (Wildman–Crippen MR) is 76.5 cm³/mol. The Bertz CT molecular complexity index is 760. The number of carbonyl (C=O) groups is 2. The number of nitrogens with one attached hydrogen (secondary N) is 1. The van der Waals surface area contributed by atoms with Gasteiger partial charge in [-0.05, 0) is 30.6 Å². The summed E-state index contributed by atoms with van der Waals surface area (Å²) in [6.07, 6.45) is 0. The standard InChI is InChI=1S/C13H10F3N3O3S/c1-5-9(12(17)23-19-5)13(21)22-4-8(20)18-7-3-2-6(14)10(15)11(7)16/h2-3H,4,17H2,1H3,(H,18,20). The molecular formula is C13H10F3N3O3S. The molecule has 0 spiro atoms. The lowest BCUT2D eigenvalue weighted by molar-refractivity contribution is -0.119. The van der Waals surface area contributed by atoms with Gasteiger partial charge in [-0.15, -0.1) is 0 Å². The molecule has 0 unspecified atom stereocenters. The lowest BCUT2D eigenvalue weighted by Crippen LogP contribution is -2.22. The van der Waals surface area contributed by atoms with Crippen molar-refractivity contribution in [1.82, 2.24) is 4.37 Å². The second-order valence-electron chi connectivity index (χ2n) is 4.35. The fourth-order valence-electron chi connectivity index (χ4n) is 1.65. The van der Waals surface area contributed by atoms with Crippen LogP contribution in [0.25, 0.3) is 0 Å². The first-order valence-corrected chi connectivity index (χ1v) is 6.90. The Balaban J connectivity index is 1.99. The second kappa shape index (κ2) is 6.65. The molecule has 2 aromatic rings. The van der Waals surface area contributed by atoms with Crippen LogP contribution >= 0.6 is 11.5 Å². The average molecular weight is 345 g/mol. The van der Waals surface area contributed by atoms with Crippen molar-refractivity contribution in [2.45, 2.75) is 6.92 Å². The van der Waals surface area contributed by atoms with Gasteiger partial charge in [0.15, 0.2) is 24.1 Å². The fourth-order valence-corrected chi connectivity index (χ4v) is 2.30. The first kappa shape index (κ1) is 16.7. The van der Waals surface area contributed by atoms with Gasteiger partial charge in [0, 0.05) is 0 Å². The van der Waals surface area contributed by atoms with E-state index in [1.807, 2.05) is 5.32 Å². The largest absolute Gasteiger partial charge is 0.452 e. The molecule has 10 heteroatoms. The van der Waals surface area contributed by atoms with Gasteiger partial charge < -0.3 is 15.8 Å². The number of rotatable bonds is 4. The summed E-state index contributed by atoms with van der Waals surface area (Å²) < 4.78 is 47.8. The number of anilines is 2. The molecule has 0 saturated carbocycles. The van der Waals surface area contributed by atoms with Gasteiger partial charge in [-0.3, -0.25) is 4.79 Å². The van der Waals surface area contributed by atoms with Gasteiger partial charge in [0.1, 0.15) is 10.6 Å². The quantitative estimate of drug-likeness (QED) is 0.655. The van der Waals surface area contributed by atoms with Crippen LogP contribution in [0.1, 0.15) is 16.1 Å². The molecule has 0 radical (unpaired) electrons. The Hall–Kier alpha value is -2.62. The number of halogens is 3. The van der Waals surface area contributed by atoms with Gasteiger partial charge in [0.2, 0.25) is 0 Å². The van der Waals surface area contributed by atoms with Crippen LogP contribution in [0.4, 0.5) is 23.9 Å². The molecule has 0 bridgehead atoms. The van der Waals surface area contributed by atoms with Crippen molar-refractivity contribution in [3.63, 3.8) is 0 Å². The molecule has 2 rings (SSSR count). The summed E-state index contributed by atoms with van der Waals surface area (Å²) in [6.45, 7) is 0.784. The van der Waals surface area contributed by atoms with Crippen LogP contribution in [0.2, 0.25) is 0 Å². The minimum Gasteiger partial charge on any atom is -0.452 e. The molecule has 1 heterocycles. The monoisotopic (exact) mass is 345 g/mol. The Morgan fingerprint density at radius 1 is 1.30 bits per heavy atom. The van der Waals surface area contributed by atoms with Crippen LogP contribution in [0.15, 0.2) is 12.1 Å². The molecule has 1 aromatic heterocycles. The Kier molecular flexibility index (Phi) is 4.84. The van der Waals surface area contributed by atoms with Crippen molar-refractivity contribution in [2.75, 3.05) is 17.7 Å². The second-order valence-corrected chi connectivity index (χ2v) is 5.16. The van der Waals surface area contributed by atoms with E-state index in [9.17, 15) is 22.8 Å². The smallest absolute Gasteiger partial charge is 0.343 e. The summed E-state index contributed by atoms with van der Waals surface area (Å²) >= 11 is 0.901. The average Bonchev–Trinajstić information content (AvgIpc) is 2.84. The summed E-state index contributed by atoms with van der Waals surface area (Å²) in [4.78, 5) is 23.4. The fraction of sp³-hybridized carbons (Fsp3) is 0.154. The van der Waals surface area contributed by atoms with Crippen LogP contribution < -0.4 is 11.1 Å². The van der Waals surface area contributed by atoms with Crippen LogP contribution in [-0.4, -0.2) is 22.9 Å². The zero-order chi connectivity index (χ0) is 17.1. The topological polar surface area (TPSA) is 94.3 Å². The van der Waals surface area contributed by atoms with Crippen LogP contribution in [0.5, 0.6) is 0 Å². The number of ether oxygens (including phenoxy) is 1. The van der Waals surface area contributed by atoms with Crippen molar-refractivity contribution in [3.05, 3.63) is 40.8 Å². The van der Waals surface area contributed by atoms with Crippen molar-refractivity contribution < 1.29 is 27.5 Å². The highest BCUT2D eigenvalue weighted by Gasteiger charge is 2.20. The van der Waals surface area contributed by atoms with Crippen molar-refractivity contribution in [3.8, 4) is 0 Å². The van der Waals surface area contributed by atoms with E-state index in [4.69, 9.17) is 10.5 Å². The van der Waals surface area contributed by atoms with E-state index >= 15 is 0 Å². The van der Waals surface area contributed by atoms with E-state index in [-0.39, 0.29) is 10.6 Å². The third-order valence-electron chi connectivity index (χ3n) is 2.74. The molecule has 0 fully saturated rings. The number of nitrogen functional groups attached to an aromatic ring is 1. The number of aryl methyl sites for hydroxylation is 1. The summed E-state index contributed by atoms with van der Waals surface area (Å²) in [6, 6.07) is 1.50. The molecule has 1 amide bonds. The van der Waals surface area contributed by atoms with Crippen molar-refractivity contribution >= 4 is 34.1 Å². The number of nitrogens with zero attached hydrogens (tertiary/aromatic N) is 1. The van der Waals surface area contributed by atoms with Crippen molar-refractivity contribution in [2.24, 2.45) is 0 Å². The summed E-state index contributed by atoms with van der Waals surface area (Å²) in [7, 11) is 0. The third-order valence-corrected chi connectivity index (χ3v) is 3.50. The van der Waals surface area contributed by atoms with Gasteiger partial charge in [0.25, 0.3) is 5.91 Å². The summed E-state index contributed by atoms with van der Waals surface area (Å²) in [5.74, 6) is -6.44. The van der Waals surface area contributed by atoms with E-state index in [0.717, 1.165) is 17.6 Å². The lowest BCUT2D eigenvalue weighted by Gasteiger charge is -2.08. The molecule has 0 aliphatic rings. The molecule has 0 aliphatic heterocycles. The molecule has 23 heavy (non-hydrogen) atoms. The molecule has 1 aromatic carbocycles. The highest BCUT2D eigenvalue weighted by Crippen LogP contribution is 2.22. The molecular weight excluding hydrogens is 335 g/mol. The van der Waals surface area contributed by atoms with E-state index in [1.54, 1.807) is 6.92 Å². The van der Waals surface area contributed by atoms with Crippen LogP contribution in [0, 0.1) is 24.4 Å². The molecule has 3 N–H and O–H groups in total. The first-order chi connectivity index (χ1) is 10.8. The number of benzene rings is 1. The number of esters is 1. The number of aromatic nitrogens is 1. The van der Waals surface area contributed by atoms with Gasteiger partial charge in [-0.2, -0.15) is 4.37 Å². The summed E-state index contributed by atoms with van der Waals surface area (Å²) in [5, 5.41) is 2.10. The maximum absolute atomic E-state index is 13.4. The van der Waals surface area contributed by atoms with Gasteiger partial charge in [-0.25, -0.2) is 18.0 Å². The molecule has 122 valence electrons. The summed E-state index contributed by atoms with van der Waals surface area (Å²) in [5.41, 5.74) is 5.37. The number of hydrogen-bond acceptors (Lipinski definition) is 6. The third kappa shape index (κ3) is 3.59. The Morgan fingerprint density at radius 3 is 2.61 bits per heavy atom. The van der Waals surface area contributed by atoms with Crippen molar-refractivity contribution in [1.29, 1.82) is 0 Å². The SMILES string of the molecule is Cc1nsc(N)c1C(=O)OCC(=O)Nc1ccc(F)c(F)c1F. The molecule has 0 atom stereocenters.